The van der Waals surface area contributed by atoms with Crippen molar-refractivity contribution >= 4 is 46.0 Å². The third kappa shape index (κ3) is 5.32. The van der Waals surface area contributed by atoms with E-state index < -0.39 is 24.4 Å². The Hall–Kier alpha value is -3.39. The van der Waals surface area contributed by atoms with Crippen molar-refractivity contribution in [2.75, 3.05) is 18.5 Å². The van der Waals surface area contributed by atoms with E-state index >= 15 is 0 Å². The quantitative estimate of drug-likeness (QED) is 0.574. The van der Waals surface area contributed by atoms with E-state index in [1.165, 1.54) is 0 Å². The second kappa shape index (κ2) is 9.20. The van der Waals surface area contributed by atoms with Crippen molar-refractivity contribution in [3.8, 4) is 0 Å². The number of aromatic nitrogens is 1. The van der Waals surface area contributed by atoms with Gasteiger partial charge in [0.25, 0.3) is 5.91 Å². The monoisotopic (exact) mass is 415 g/mol. The Labute approximate surface area is 171 Å². The number of rotatable bonds is 7. The van der Waals surface area contributed by atoms with Crippen LogP contribution >= 0.6 is 11.6 Å². The van der Waals surface area contributed by atoms with Gasteiger partial charge in [-0.05, 0) is 36.8 Å². The molecule has 0 saturated heterocycles. The van der Waals surface area contributed by atoms with Gasteiger partial charge in [-0.25, -0.2) is 0 Å². The fourth-order valence-electron chi connectivity index (χ4n) is 2.57. The van der Waals surface area contributed by atoms with Gasteiger partial charge in [0, 0.05) is 16.1 Å². The number of hydrogen-bond acceptors (Lipinski definition) is 6. The highest BCUT2D eigenvalue weighted by Gasteiger charge is 2.15. The van der Waals surface area contributed by atoms with Gasteiger partial charge in [-0.15, -0.1) is 0 Å². The molecule has 1 aromatic heterocycles. The molecule has 0 aliphatic heterocycles. The van der Waals surface area contributed by atoms with Crippen LogP contribution in [0.1, 0.15) is 11.3 Å². The van der Waals surface area contributed by atoms with Gasteiger partial charge in [0.2, 0.25) is 5.91 Å². The second-order valence-electron chi connectivity index (χ2n) is 6.20. The number of carbonyl (C=O) groups is 3. The van der Waals surface area contributed by atoms with Gasteiger partial charge in [-0.3, -0.25) is 14.4 Å². The van der Waals surface area contributed by atoms with Crippen molar-refractivity contribution in [1.29, 1.82) is 0 Å². The lowest BCUT2D eigenvalue weighted by atomic mass is 10.2. The summed E-state index contributed by atoms with van der Waals surface area (Å²) in [7, 11) is 0. The zero-order valence-electron chi connectivity index (χ0n) is 15.5. The van der Waals surface area contributed by atoms with Gasteiger partial charge in [0.05, 0.1) is 13.0 Å². The van der Waals surface area contributed by atoms with Crippen LogP contribution in [0.5, 0.6) is 0 Å². The summed E-state index contributed by atoms with van der Waals surface area (Å²) < 4.78 is 10.0. The van der Waals surface area contributed by atoms with E-state index in [2.05, 4.69) is 15.8 Å². The molecule has 2 N–H and O–H groups in total. The average Bonchev–Trinajstić information content (AvgIpc) is 3.11. The highest BCUT2D eigenvalue weighted by Crippen LogP contribution is 2.22. The first-order chi connectivity index (χ1) is 13.9. The number of nitrogens with one attached hydrogen (secondary N) is 2. The molecule has 3 rings (SSSR count). The molecule has 0 spiro atoms. The number of fused-ring (bicyclic) bond motifs is 1. The van der Waals surface area contributed by atoms with Gasteiger partial charge in [0.1, 0.15) is 5.69 Å². The predicted molar refractivity (Wildman–Crippen MR) is 107 cm³/mol. The SMILES string of the molecule is Cc1c(Cl)cccc1NC(=O)CNC(=O)COC(=O)Cc1noc2ccccc12. The predicted octanol–water partition coefficient (Wildman–Crippen LogP) is 2.63. The summed E-state index contributed by atoms with van der Waals surface area (Å²) in [4.78, 5) is 35.7. The topological polar surface area (TPSA) is 111 Å². The minimum atomic E-state index is -0.627. The van der Waals surface area contributed by atoms with Crippen molar-refractivity contribution in [2.45, 2.75) is 13.3 Å². The number of para-hydroxylation sites is 1. The second-order valence-corrected chi connectivity index (χ2v) is 6.61. The Morgan fingerprint density at radius 1 is 1.10 bits per heavy atom. The first kappa shape index (κ1) is 20.3. The summed E-state index contributed by atoms with van der Waals surface area (Å²) >= 11 is 6.00. The Morgan fingerprint density at radius 3 is 2.72 bits per heavy atom. The first-order valence-corrected chi connectivity index (χ1v) is 9.12. The molecule has 2 aromatic carbocycles. The maximum Gasteiger partial charge on any atom is 0.312 e. The molecule has 8 nitrogen and oxygen atoms in total. The molecule has 9 heteroatoms. The van der Waals surface area contributed by atoms with E-state index in [-0.39, 0.29) is 13.0 Å². The summed E-state index contributed by atoms with van der Waals surface area (Å²) in [6, 6.07) is 12.2. The van der Waals surface area contributed by atoms with Crippen molar-refractivity contribution in [1.82, 2.24) is 10.5 Å². The number of hydrogen-bond donors (Lipinski definition) is 2. The fourth-order valence-corrected chi connectivity index (χ4v) is 2.74. The van der Waals surface area contributed by atoms with Crippen LogP contribution in [0.2, 0.25) is 5.02 Å². The molecule has 0 aliphatic carbocycles. The van der Waals surface area contributed by atoms with Gasteiger partial charge >= 0.3 is 5.97 Å². The van der Waals surface area contributed by atoms with Gasteiger partial charge in [-0.1, -0.05) is 35.0 Å². The Morgan fingerprint density at radius 2 is 1.90 bits per heavy atom. The lowest BCUT2D eigenvalue weighted by Crippen LogP contribution is -2.35. The lowest BCUT2D eigenvalue weighted by Gasteiger charge is -2.10. The largest absolute Gasteiger partial charge is 0.455 e. The summed E-state index contributed by atoms with van der Waals surface area (Å²) in [5.74, 6) is -1.65. The molecule has 0 atom stereocenters. The average molecular weight is 416 g/mol. The maximum absolute atomic E-state index is 12.0. The standard InChI is InChI=1S/C20H18ClN3O5/c1-12-14(21)6-4-7-15(12)23-18(25)10-22-19(26)11-28-20(27)9-16-13-5-2-3-8-17(13)29-24-16/h2-8H,9-11H2,1H3,(H,22,26)(H,23,25). The third-order valence-corrected chi connectivity index (χ3v) is 4.53. The van der Waals surface area contributed by atoms with Crippen molar-refractivity contribution in [3.05, 3.63) is 58.7 Å². The smallest absolute Gasteiger partial charge is 0.312 e. The molecule has 3 aromatic rings. The molecule has 0 saturated carbocycles. The number of amides is 2. The van der Waals surface area contributed by atoms with Crippen LogP contribution in [0.25, 0.3) is 11.0 Å². The number of halogens is 1. The number of benzene rings is 2. The normalized spacial score (nSPS) is 10.6. The summed E-state index contributed by atoms with van der Waals surface area (Å²) in [6.07, 6.45) is -0.126. The Kier molecular flexibility index (Phi) is 6.46. The van der Waals surface area contributed by atoms with E-state index in [0.29, 0.717) is 27.4 Å². The van der Waals surface area contributed by atoms with Gasteiger partial charge < -0.3 is 19.9 Å². The fraction of sp³-hybridized carbons (Fsp3) is 0.200. The van der Waals surface area contributed by atoms with Crippen molar-refractivity contribution < 1.29 is 23.6 Å². The molecule has 29 heavy (non-hydrogen) atoms. The van der Waals surface area contributed by atoms with E-state index in [4.69, 9.17) is 20.9 Å². The zero-order chi connectivity index (χ0) is 20.8. The molecular weight excluding hydrogens is 398 g/mol. The summed E-state index contributed by atoms with van der Waals surface area (Å²) in [5.41, 5.74) is 2.28. The molecule has 0 radical (unpaired) electrons. The van der Waals surface area contributed by atoms with E-state index in [9.17, 15) is 14.4 Å². The van der Waals surface area contributed by atoms with Crippen molar-refractivity contribution in [2.24, 2.45) is 0 Å². The van der Waals surface area contributed by atoms with Crippen LogP contribution in [-0.4, -0.2) is 36.1 Å². The van der Waals surface area contributed by atoms with Crippen LogP contribution < -0.4 is 10.6 Å². The Bertz CT molecular complexity index is 1060. The van der Waals surface area contributed by atoms with E-state index in [1.54, 1.807) is 49.4 Å². The molecule has 0 unspecified atom stereocenters. The van der Waals surface area contributed by atoms with Crippen LogP contribution in [0.3, 0.4) is 0 Å². The highest BCUT2D eigenvalue weighted by atomic mass is 35.5. The number of ether oxygens (including phenoxy) is 1. The maximum atomic E-state index is 12.0. The third-order valence-electron chi connectivity index (χ3n) is 4.12. The van der Waals surface area contributed by atoms with Crippen molar-refractivity contribution in [3.63, 3.8) is 0 Å². The summed E-state index contributed by atoms with van der Waals surface area (Å²) in [5, 5.41) is 10.1. The number of carbonyl (C=O) groups excluding carboxylic acids is 3. The van der Waals surface area contributed by atoms with Crippen LogP contribution in [0, 0.1) is 6.92 Å². The molecule has 0 fully saturated rings. The van der Waals surface area contributed by atoms with Gasteiger partial charge in [0.15, 0.2) is 12.2 Å². The lowest BCUT2D eigenvalue weighted by molar-refractivity contribution is -0.148. The molecule has 1 heterocycles. The Balaban J connectivity index is 1.42. The minimum absolute atomic E-state index is 0.126. The molecular formula is C20H18ClN3O5. The minimum Gasteiger partial charge on any atom is -0.455 e. The van der Waals surface area contributed by atoms with E-state index in [1.807, 2.05) is 0 Å². The van der Waals surface area contributed by atoms with E-state index in [0.717, 1.165) is 5.56 Å². The van der Waals surface area contributed by atoms with Gasteiger partial charge in [-0.2, -0.15) is 0 Å². The molecule has 0 aliphatic rings. The summed E-state index contributed by atoms with van der Waals surface area (Å²) in [6.45, 7) is 1.00. The first-order valence-electron chi connectivity index (χ1n) is 8.74. The van der Waals surface area contributed by atoms with Crippen LogP contribution in [0.15, 0.2) is 47.0 Å². The highest BCUT2D eigenvalue weighted by molar-refractivity contribution is 6.31. The molecule has 2 amide bonds. The molecule has 150 valence electrons. The number of nitrogens with zero attached hydrogens (tertiary/aromatic N) is 1. The van der Waals surface area contributed by atoms with Crippen LogP contribution in [-0.2, 0) is 25.5 Å². The number of esters is 1. The van der Waals surface area contributed by atoms with Crippen LogP contribution in [0.4, 0.5) is 5.69 Å². The zero-order valence-corrected chi connectivity index (χ0v) is 16.3. The molecule has 0 bridgehead atoms. The number of anilines is 1.